The molecule has 1 aliphatic heterocycles. The molecule has 2 N–H and O–H groups in total. The van der Waals surface area contributed by atoms with Gasteiger partial charge in [0.1, 0.15) is 5.54 Å². The average molecular weight is 498 g/mol. The number of hydrogen-bond acceptors (Lipinski definition) is 4. The number of benzene rings is 2. The van der Waals surface area contributed by atoms with Crippen LogP contribution in [0.4, 0.5) is 5.69 Å². The molecule has 1 heterocycles. The molecule has 1 saturated carbocycles. The van der Waals surface area contributed by atoms with E-state index >= 15 is 0 Å². The van der Waals surface area contributed by atoms with Crippen LogP contribution in [0.5, 0.6) is 0 Å². The fourth-order valence-corrected chi connectivity index (χ4v) is 6.89. The van der Waals surface area contributed by atoms with Crippen LogP contribution >= 0.6 is 11.6 Å². The van der Waals surface area contributed by atoms with Crippen molar-refractivity contribution in [1.82, 2.24) is 0 Å². The molecule has 2 aliphatic carbocycles. The Bertz CT molecular complexity index is 1030. The number of nitrogens with one attached hydrogen (secondary N) is 1. The lowest BCUT2D eigenvalue weighted by atomic mass is 9.60. The van der Waals surface area contributed by atoms with Gasteiger partial charge in [-0.25, -0.2) is 4.79 Å². The minimum atomic E-state index is -0.968. The van der Waals surface area contributed by atoms with Crippen LogP contribution in [0, 0.1) is 5.92 Å². The summed E-state index contributed by atoms with van der Waals surface area (Å²) in [5, 5.41) is 14.2. The smallest absolute Gasteiger partial charge is 0.329 e. The lowest BCUT2D eigenvalue weighted by molar-refractivity contribution is -0.144. The van der Waals surface area contributed by atoms with E-state index in [1.165, 1.54) is 11.1 Å². The first-order valence-electron chi connectivity index (χ1n) is 13.1. The predicted octanol–water partition coefficient (Wildman–Crippen LogP) is 6.24. The summed E-state index contributed by atoms with van der Waals surface area (Å²) in [5.41, 5.74) is 2.73. The Labute approximate surface area is 213 Å². The van der Waals surface area contributed by atoms with Crippen molar-refractivity contribution in [3.05, 3.63) is 64.7 Å². The second-order valence-corrected chi connectivity index (χ2v) is 11.0. The molecule has 0 aromatic heterocycles. The number of aliphatic carboxylic acids is 1. The standard InChI is InChI=1S/C29H36ClNO4/c30-23-7-3-8-24(20-23)31-29(27(32)33)14-12-28(13-15-29)22(19-21-5-1-2-9-26(21)28)6-4-16-35-25-10-17-34-18-11-25/h1-3,5,7-9,20,22,25,31H,4,6,10-19H2,(H,32,33). The highest BCUT2D eigenvalue weighted by molar-refractivity contribution is 6.30. The molecule has 2 aromatic rings. The molecular weight excluding hydrogens is 462 g/mol. The summed E-state index contributed by atoms with van der Waals surface area (Å²) in [7, 11) is 0. The molecule has 2 fully saturated rings. The van der Waals surface area contributed by atoms with Gasteiger partial charge in [0.25, 0.3) is 0 Å². The third kappa shape index (κ3) is 5.09. The largest absolute Gasteiger partial charge is 0.480 e. The molecule has 0 amide bonds. The minimum Gasteiger partial charge on any atom is -0.480 e. The van der Waals surface area contributed by atoms with Crippen LogP contribution < -0.4 is 5.32 Å². The van der Waals surface area contributed by atoms with Crippen molar-refractivity contribution in [3.8, 4) is 0 Å². The lowest BCUT2D eigenvalue weighted by Crippen LogP contribution is -2.53. The van der Waals surface area contributed by atoms with Crippen molar-refractivity contribution in [2.45, 2.75) is 74.8 Å². The number of fused-ring (bicyclic) bond motifs is 2. The summed E-state index contributed by atoms with van der Waals surface area (Å²) >= 11 is 6.17. The number of anilines is 1. The van der Waals surface area contributed by atoms with Gasteiger partial charge in [0, 0.05) is 30.5 Å². The summed E-state index contributed by atoms with van der Waals surface area (Å²) in [6, 6.07) is 16.2. The van der Waals surface area contributed by atoms with Crippen molar-refractivity contribution < 1.29 is 19.4 Å². The van der Waals surface area contributed by atoms with Crippen LogP contribution in [-0.4, -0.2) is 42.5 Å². The van der Waals surface area contributed by atoms with Gasteiger partial charge >= 0.3 is 5.97 Å². The number of carboxylic acid groups (broad SMARTS) is 1. The zero-order valence-corrected chi connectivity index (χ0v) is 21.1. The number of rotatable bonds is 8. The Morgan fingerprint density at radius 1 is 1.09 bits per heavy atom. The van der Waals surface area contributed by atoms with E-state index in [-0.39, 0.29) is 5.41 Å². The van der Waals surface area contributed by atoms with Crippen LogP contribution in [0.3, 0.4) is 0 Å². The minimum absolute atomic E-state index is 0.0459. The molecule has 5 rings (SSSR count). The maximum absolute atomic E-state index is 12.5. The zero-order chi connectivity index (χ0) is 24.3. The van der Waals surface area contributed by atoms with Gasteiger partial charge in [0.15, 0.2) is 0 Å². The third-order valence-corrected chi connectivity index (χ3v) is 8.87. The van der Waals surface area contributed by atoms with Gasteiger partial charge in [-0.2, -0.15) is 0 Å². The van der Waals surface area contributed by atoms with Crippen molar-refractivity contribution in [2.75, 3.05) is 25.1 Å². The molecule has 35 heavy (non-hydrogen) atoms. The van der Waals surface area contributed by atoms with E-state index < -0.39 is 11.5 Å². The first-order chi connectivity index (χ1) is 17.0. The van der Waals surface area contributed by atoms with E-state index in [0.29, 0.717) is 29.9 Å². The lowest BCUT2D eigenvalue weighted by Gasteiger charge is -2.47. The topological polar surface area (TPSA) is 67.8 Å². The Morgan fingerprint density at radius 2 is 1.86 bits per heavy atom. The average Bonchev–Trinajstić information content (AvgIpc) is 3.17. The number of carbonyl (C=O) groups is 1. The van der Waals surface area contributed by atoms with Crippen LogP contribution in [0.2, 0.25) is 5.02 Å². The maximum Gasteiger partial charge on any atom is 0.329 e. The molecular formula is C29H36ClNO4. The highest BCUT2D eigenvalue weighted by Gasteiger charge is 2.53. The first kappa shape index (κ1) is 24.6. The SMILES string of the molecule is O=C(O)C1(Nc2cccc(Cl)c2)CCC2(CC1)c1ccccc1CC2CCCOC1CCOCC1. The number of halogens is 1. The van der Waals surface area contributed by atoms with E-state index in [1.807, 2.05) is 24.3 Å². The summed E-state index contributed by atoms with van der Waals surface area (Å²) in [6.45, 7) is 2.41. The molecule has 6 heteroatoms. The molecule has 2 aromatic carbocycles. The molecule has 0 radical (unpaired) electrons. The van der Waals surface area contributed by atoms with E-state index in [2.05, 4.69) is 29.6 Å². The molecule has 1 spiro atoms. The normalized spacial score (nSPS) is 28.7. The van der Waals surface area contributed by atoms with Crippen LogP contribution in [0.1, 0.15) is 62.5 Å². The third-order valence-electron chi connectivity index (χ3n) is 8.63. The fraction of sp³-hybridized carbons (Fsp3) is 0.552. The van der Waals surface area contributed by atoms with E-state index in [9.17, 15) is 9.90 Å². The van der Waals surface area contributed by atoms with Gasteiger partial charge in [-0.1, -0.05) is 41.9 Å². The van der Waals surface area contributed by atoms with Crippen molar-refractivity contribution in [1.29, 1.82) is 0 Å². The quantitative estimate of drug-likeness (QED) is 0.423. The highest BCUT2D eigenvalue weighted by Crippen LogP contribution is 2.55. The second-order valence-electron chi connectivity index (χ2n) is 10.6. The monoisotopic (exact) mass is 497 g/mol. The van der Waals surface area contributed by atoms with Gasteiger partial charge in [-0.3, -0.25) is 0 Å². The second kappa shape index (κ2) is 10.5. The number of ether oxygens (including phenoxy) is 2. The fourth-order valence-electron chi connectivity index (χ4n) is 6.70. The summed E-state index contributed by atoms with van der Waals surface area (Å²) in [5.74, 6) is -0.254. The Hall–Kier alpha value is -2.08. The molecule has 188 valence electrons. The van der Waals surface area contributed by atoms with E-state index in [4.69, 9.17) is 21.1 Å². The summed E-state index contributed by atoms with van der Waals surface area (Å²) in [4.78, 5) is 12.5. The zero-order valence-electron chi connectivity index (χ0n) is 20.3. The van der Waals surface area contributed by atoms with E-state index in [1.54, 1.807) is 0 Å². The molecule has 5 nitrogen and oxygen atoms in total. The Morgan fingerprint density at radius 3 is 2.60 bits per heavy atom. The number of hydrogen-bond donors (Lipinski definition) is 2. The van der Waals surface area contributed by atoms with E-state index in [0.717, 1.165) is 70.5 Å². The summed E-state index contributed by atoms with van der Waals surface area (Å²) < 4.78 is 11.6. The summed E-state index contributed by atoms with van der Waals surface area (Å²) in [6.07, 6.45) is 8.49. The van der Waals surface area contributed by atoms with Crippen LogP contribution in [0.15, 0.2) is 48.5 Å². The molecule has 0 bridgehead atoms. The molecule has 1 unspecified atom stereocenters. The number of carboxylic acids is 1. The van der Waals surface area contributed by atoms with Crippen LogP contribution in [0.25, 0.3) is 0 Å². The van der Waals surface area contributed by atoms with Crippen molar-refractivity contribution in [3.63, 3.8) is 0 Å². The van der Waals surface area contributed by atoms with Crippen LogP contribution in [-0.2, 0) is 26.1 Å². The van der Waals surface area contributed by atoms with Gasteiger partial charge < -0.3 is 19.9 Å². The van der Waals surface area contributed by atoms with Crippen molar-refractivity contribution in [2.24, 2.45) is 5.92 Å². The van der Waals surface area contributed by atoms with Gasteiger partial charge in [0.2, 0.25) is 0 Å². The van der Waals surface area contributed by atoms with Gasteiger partial charge in [-0.15, -0.1) is 0 Å². The first-order valence-corrected chi connectivity index (χ1v) is 13.4. The molecule has 1 atom stereocenters. The maximum atomic E-state index is 12.5. The van der Waals surface area contributed by atoms with Crippen molar-refractivity contribution >= 4 is 23.3 Å². The Balaban J connectivity index is 1.29. The van der Waals surface area contributed by atoms with Gasteiger partial charge in [-0.05, 0) is 98.4 Å². The molecule has 1 saturated heterocycles. The Kier molecular flexibility index (Phi) is 7.38. The highest BCUT2D eigenvalue weighted by atomic mass is 35.5. The predicted molar refractivity (Wildman–Crippen MR) is 138 cm³/mol. The van der Waals surface area contributed by atoms with Gasteiger partial charge in [0.05, 0.1) is 6.10 Å². The molecule has 3 aliphatic rings.